The van der Waals surface area contributed by atoms with Gasteiger partial charge in [-0.3, -0.25) is 4.79 Å². The average molecular weight is 246 g/mol. The van der Waals surface area contributed by atoms with Crippen molar-refractivity contribution in [2.75, 3.05) is 6.54 Å². The number of amides is 1. The van der Waals surface area contributed by atoms with Crippen molar-refractivity contribution in [3.63, 3.8) is 0 Å². The molecule has 1 aromatic rings. The summed E-state index contributed by atoms with van der Waals surface area (Å²) in [5.41, 5.74) is 3.96. The largest absolute Gasteiger partial charge is 0.352 e. The fourth-order valence-electron chi connectivity index (χ4n) is 2.30. The van der Waals surface area contributed by atoms with Gasteiger partial charge in [-0.2, -0.15) is 0 Å². The van der Waals surface area contributed by atoms with Gasteiger partial charge in [0, 0.05) is 25.0 Å². The zero-order valence-electron chi connectivity index (χ0n) is 11.4. The van der Waals surface area contributed by atoms with Gasteiger partial charge in [0.15, 0.2) is 0 Å². The van der Waals surface area contributed by atoms with Crippen molar-refractivity contribution in [2.45, 2.75) is 45.7 Å². The highest BCUT2D eigenvalue weighted by atomic mass is 16.1. The second-order valence-electron chi connectivity index (χ2n) is 5.28. The van der Waals surface area contributed by atoms with Crippen LogP contribution in [0.1, 0.15) is 42.5 Å². The third-order valence-corrected chi connectivity index (χ3v) is 3.79. The molecule has 2 rings (SSSR count). The van der Waals surface area contributed by atoms with Crippen LogP contribution in [0.2, 0.25) is 0 Å². The Kier molecular flexibility index (Phi) is 4.02. The number of nitrogens with one attached hydrogen (secondary N) is 2. The van der Waals surface area contributed by atoms with E-state index in [9.17, 15) is 4.79 Å². The van der Waals surface area contributed by atoms with E-state index in [1.165, 1.54) is 16.7 Å². The molecule has 0 aromatic heterocycles. The van der Waals surface area contributed by atoms with Gasteiger partial charge >= 0.3 is 0 Å². The maximum Gasteiger partial charge on any atom is 0.220 e. The molecule has 1 heterocycles. The minimum absolute atomic E-state index is 0.181. The molecule has 2 unspecified atom stereocenters. The molecule has 1 fully saturated rings. The van der Waals surface area contributed by atoms with E-state index in [0.29, 0.717) is 18.5 Å². The first-order valence-electron chi connectivity index (χ1n) is 6.66. The molecule has 0 aliphatic carbocycles. The minimum atomic E-state index is 0.181. The Bertz CT molecular complexity index is 442. The van der Waals surface area contributed by atoms with Crippen molar-refractivity contribution in [3.8, 4) is 0 Å². The molecule has 0 saturated carbocycles. The molecule has 3 heteroatoms. The predicted molar refractivity (Wildman–Crippen MR) is 73.5 cm³/mol. The number of benzene rings is 1. The van der Waals surface area contributed by atoms with Crippen LogP contribution in [0.5, 0.6) is 0 Å². The molecule has 1 amide bonds. The summed E-state index contributed by atoms with van der Waals surface area (Å²) in [5, 5.41) is 6.47. The Balaban J connectivity index is 1.89. The third kappa shape index (κ3) is 3.10. The van der Waals surface area contributed by atoms with E-state index in [1.54, 1.807) is 0 Å². The minimum Gasteiger partial charge on any atom is -0.352 e. The third-order valence-electron chi connectivity index (χ3n) is 3.79. The maximum atomic E-state index is 11.1. The van der Waals surface area contributed by atoms with Crippen LogP contribution >= 0.6 is 0 Å². The van der Waals surface area contributed by atoms with Crippen molar-refractivity contribution >= 4 is 5.91 Å². The fourth-order valence-corrected chi connectivity index (χ4v) is 2.30. The van der Waals surface area contributed by atoms with Gasteiger partial charge in [0.05, 0.1) is 0 Å². The van der Waals surface area contributed by atoms with Crippen LogP contribution in [0, 0.1) is 13.8 Å². The lowest BCUT2D eigenvalue weighted by Gasteiger charge is -2.18. The summed E-state index contributed by atoms with van der Waals surface area (Å²) in [5.74, 6) is 0.181. The molecular formula is C15H22N2O. The second-order valence-corrected chi connectivity index (χ2v) is 5.28. The summed E-state index contributed by atoms with van der Waals surface area (Å²) in [7, 11) is 0. The van der Waals surface area contributed by atoms with E-state index < -0.39 is 0 Å². The molecule has 0 bridgehead atoms. The van der Waals surface area contributed by atoms with Gasteiger partial charge in [-0.1, -0.05) is 18.2 Å². The topological polar surface area (TPSA) is 41.1 Å². The summed E-state index contributed by atoms with van der Waals surface area (Å²) < 4.78 is 0. The van der Waals surface area contributed by atoms with Gasteiger partial charge < -0.3 is 10.6 Å². The zero-order valence-corrected chi connectivity index (χ0v) is 11.4. The lowest BCUT2D eigenvalue weighted by molar-refractivity contribution is -0.119. The molecular weight excluding hydrogens is 224 g/mol. The highest BCUT2D eigenvalue weighted by Crippen LogP contribution is 2.17. The van der Waals surface area contributed by atoms with Crippen LogP contribution < -0.4 is 10.6 Å². The summed E-state index contributed by atoms with van der Waals surface area (Å²) >= 11 is 0. The van der Waals surface area contributed by atoms with Gasteiger partial charge in [0.25, 0.3) is 0 Å². The highest BCUT2D eigenvalue weighted by molar-refractivity contribution is 5.78. The number of rotatable bonds is 4. The quantitative estimate of drug-likeness (QED) is 0.855. The van der Waals surface area contributed by atoms with Crippen LogP contribution in [-0.4, -0.2) is 18.5 Å². The number of hydrogen-bond donors (Lipinski definition) is 2. The molecule has 1 aliphatic rings. The molecule has 18 heavy (non-hydrogen) atoms. The van der Waals surface area contributed by atoms with E-state index in [-0.39, 0.29) is 5.91 Å². The second kappa shape index (κ2) is 5.53. The van der Waals surface area contributed by atoms with Crippen molar-refractivity contribution in [1.29, 1.82) is 0 Å². The van der Waals surface area contributed by atoms with Crippen molar-refractivity contribution in [1.82, 2.24) is 10.6 Å². The fraction of sp³-hybridized carbons (Fsp3) is 0.533. The molecule has 0 spiro atoms. The average Bonchev–Trinajstić information content (AvgIpc) is 2.75. The Hall–Kier alpha value is -1.35. The van der Waals surface area contributed by atoms with Gasteiger partial charge in [0.1, 0.15) is 0 Å². The van der Waals surface area contributed by atoms with Crippen LogP contribution in [-0.2, 0) is 4.79 Å². The van der Waals surface area contributed by atoms with E-state index in [0.717, 1.165) is 13.0 Å². The molecule has 98 valence electrons. The number of carbonyl (C=O) groups is 1. The monoisotopic (exact) mass is 246 g/mol. The van der Waals surface area contributed by atoms with E-state index >= 15 is 0 Å². The molecule has 3 nitrogen and oxygen atoms in total. The first-order valence-corrected chi connectivity index (χ1v) is 6.66. The first-order chi connectivity index (χ1) is 8.56. The van der Waals surface area contributed by atoms with Crippen molar-refractivity contribution < 1.29 is 4.79 Å². The molecule has 0 radical (unpaired) electrons. The number of aryl methyl sites for hydroxylation is 2. The zero-order chi connectivity index (χ0) is 13.1. The van der Waals surface area contributed by atoms with Crippen molar-refractivity contribution in [2.24, 2.45) is 0 Å². The van der Waals surface area contributed by atoms with Crippen LogP contribution in [0.3, 0.4) is 0 Å². The summed E-state index contributed by atoms with van der Waals surface area (Å²) in [4.78, 5) is 11.1. The Morgan fingerprint density at radius 2 is 2.17 bits per heavy atom. The van der Waals surface area contributed by atoms with Crippen LogP contribution in [0.4, 0.5) is 0 Å². The lowest BCUT2D eigenvalue weighted by atomic mass is 10.0. The van der Waals surface area contributed by atoms with E-state index in [2.05, 4.69) is 49.6 Å². The summed E-state index contributed by atoms with van der Waals surface area (Å²) in [6, 6.07) is 7.20. The number of carbonyl (C=O) groups excluding carboxylic acids is 1. The summed E-state index contributed by atoms with van der Waals surface area (Å²) in [6.45, 7) is 7.29. The van der Waals surface area contributed by atoms with Crippen LogP contribution in [0.25, 0.3) is 0 Å². The standard InChI is InChI=1S/C15H22N2O/c1-10-4-5-13(8-11(10)2)12(3)16-9-14-6-7-15(18)17-14/h4-5,8,12,14,16H,6-7,9H2,1-3H3,(H,17,18). The molecule has 2 N–H and O–H groups in total. The SMILES string of the molecule is Cc1ccc(C(C)NCC2CCC(=O)N2)cc1C. The first kappa shape index (κ1) is 13.1. The van der Waals surface area contributed by atoms with Gasteiger partial charge in [0.2, 0.25) is 5.91 Å². The van der Waals surface area contributed by atoms with Gasteiger partial charge in [-0.25, -0.2) is 0 Å². The predicted octanol–water partition coefficient (Wildman–Crippen LogP) is 2.23. The smallest absolute Gasteiger partial charge is 0.220 e. The molecule has 1 aromatic carbocycles. The van der Waals surface area contributed by atoms with Crippen molar-refractivity contribution in [3.05, 3.63) is 34.9 Å². The Morgan fingerprint density at radius 1 is 1.39 bits per heavy atom. The number of hydrogen-bond acceptors (Lipinski definition) is 2. The Morgan fingerprint density at radius 3 is 2.78 bits per heavy atom. The normalized spacial score (nSPS) is 20.8. The summed E-state index contributed by atoms with van der Waals surface area (Å²) in [6.07, 6.45) is 1.62. The molecule has 1 aliphatic heterocycles. The molecule has 1 saturated heterocycles. The Labute approximate surface area is 109 Å². The highest BCUT2D eigenvalue weighted by Gasteiger charge is 2.20. The van der Waals surface area contributed by atoms with E-state index in [1.807, 2.05) is 0 Å². The lowest BCUT2D eigenvalue weighted by Crippen LogP contribution is -2.36. The molecule has 2 atom stereocenters. The van der Waals surface area contributed by atoms with Crippen LogP contribution in [0.15, 0.2) is 18.2 Å². The van der Waals surface area contributed by atoms with E-state index in [4.69, 9.17) is 0 Å². The van der Waals surface area contributed by atoms with Gasteiger partial charge in [-0.15, -0.1) is 0 Å². The maximum absolute atomic E-state index is 11.1. The van der Waals surface area contributed by atoms with Gasteiger partial charge in [-0.05, 0) is 43.9 Å².